The number of anilines is 1. The van der Waals surface area contributed by atoms with Crippen molar-refractivity contribution < 1.29 is 13.9 Å². The summed E-state index contributed by atoms with van der Waals surface area (Å²) in [4.78, 5) is 18.4. The van der Waals surface area contributed by atoms with Crippen molar-refractivity contribution in [3.8, 4) is 5.88 Å². The summed E-state index contributed by atoms with van der Waals surface area (Å²) in [6.07, 6.45) is 1.83. The lowest BCUT2D eigenvalue weighted by molar-refractivity contribution is 0.0981. The first-order valence-electron chi connectivity index (χ1n) is 8.39. The second kappa shape index (κ2) is 6.95. The van der Waals surface area contributed by atoms with Crippen molar-refractivity contribution in [2.75, 3.05) is 11.4 Å². The van der Waals surface area contributed by atoms with Crippen molar-refractivity contribution in [2.45, 2.75) is 19.6 Å². The molecule has 0 saturated carbocycles. The van der Waals surface area contributed by atoms with E-state index in [4.69, 9.17) is 4.74 Å². The molecule has 0 spiro atoms. The molecule has 0 N–H and O–H groups in total. The zero-order valence-electron chi connectivity index (χ0n) is 14.0. The van der Waals surface area contributed by atoms with Crippen molar-refractivity contribution in [3.63, 3.8) is 0 Å². The largest absolute Gasteiger partial charge is 0.472 e. The lowest BCUT2D eigenvalue weighted by Crippen LogP contribution is -2.31. The fourth-order valence-corrected chi connectivity index (χ4v) is 2.90. The molecule has 7 heteroatoms. The molecule has 6 nitrogen and oxygen atoms in total. The molecule has 0 aliphatic carbocycles. The predicted molar refractivity (Wildman–Crippen MR) is 93.5 cm³/mol. The number of fused-ring (bicyclic) bond motifs is 1. The summed E-state index contributed by atoms with van der Waals surface area (Å²) in [6, 6.07) is 14.2. The molecule has 0 unspecified atom stereocenters. The number of benzene rings is 1. The standard InChI is InChI=1S/C19H17FN4O2/c20-15-7-8-17(21-12-15)23-9-4-10-24-16(19(23)25)11-18(22-24)26-13-14-5-2-1-3-6-14/h1-3,5-8,11-12H,4,9-10,13H2. The second-order valence-electron chi connectivity index (χ2n) is 6.01. The van der Waals surface area contributed by atoms with Crippen molar-refractivity contribution in [3.05, 3.63) is 71.8 Å². The predicted octanol–water partition coefficient (Wildman–Crippen LogP) is 3.05. The Labute approximate surface area is 149 Å². The van der Waals surface area contributed by atoms with E-state index in [9.17, 15) is 9.18 Å². The van der Waals surface area contributed by atoms with Gasteiger partial charge in [-0.15, -0.1) is 5.10 Å². The summed E-state index contributed by atoms with van der Waals surface area (Å²) in [5.41, 5.74) is 1.47. The molecular formula is C19H17FN4O2. The van der Waals surface area contributed by atoms with E-state index >= 15 is 0 Å². The van der Waals surface area contributed by atoms with Gasteiger partial charge in [0, 0.05) is 19.2 Å². The minimum atomic E-state index is -0.433. The first-order chi connectivity index (χ1) is 12.7. The fraction of sp³-hybridized carbons (Fsp3) is 0.211. The van der Waals surface area contributed by atoms with Crippen molar-refractivity contribution >= 4 is 11.7 Å². The molecule has 4 rings (SSSR count). The van der Waals surface area contributed by atoms with Crippen LogP contribution in [0.2, 0.25) is 0 Å². The van der Waals surface area contributed by atoms with Crippen molar-refractivity contribution in [1.82, 2.24) is 14.8 Å². The normalized spacial score (nSPS) is 14.0. The number of aromatic nitrogens is 3. The smallest absolute Gasteiger partial charge is 0.277 e. The first kappa shape index (κ1) is 16.3. The molecule has 1 aliphatic heterocycles. The van der Waals surface area contributed by atoms with Gasteiger partial charge in [-0.1, -0.05) is 30.3 Å². The van der Waals surface area contributed by atoms with E-state index in [1.165, 1.54) is 12.1 Å². The molecule has 1 amide bonds. The SMILES string of the molecule is O=C1c2cc(OCc3ccccc3)nn2CCCN1c1ccc(F)cn1. The molecule has 1 aliphatic rings. The Kier molecular flexibility index (Phi) is 4.35. The first-order valence-corrected chi connectivity index (χ1v) is 8.39. The Balaban J connectivity index is 1.54. The number of halogens is 1. The number of aryl methyl sites for hydroxylation is 1. The minimum absolute atomic E-state index is 0.219. The van der Waals surface area contributed by atoms with Gasteiger partial charge in [0.1, 0.15) is 23.9 Å². The zero-order chi connectivity index (χ0) is 17.9. The number of carbonyl (C=O) groups is 1. The van der Waals surface area contributed by atoms with Gasteiger partial charge in [-0.05, 0) is 24.1 Å². The molecule has 0 saturated heterocycles. The van der Waals surface area contributed by atoms with Gasteiger partial charge in [-0.25, -0.2) is 9.37 Å². The second-order valence-corrected chi connectivity index (χ2v) is 6.01. The molecule has 0 fully saturated rings. The highest BCUT2D eigenvalue weighted by Crippen LogP contribution is 2.22. The molecule has 132 valence electrons. The molecule has 0 bridgehead atoms. The molecule has 3 heterocycles. The third-order valence-electron chi connectivity index (χ3n) is 4.19. The summed E-state index contributed by atoms with van der Waals surface area (Å²) in [7, 11) is 0. The third kappa shape index (κ3) is 3.28. The molecular weight excluding hydrogens is 335 g/mol. The Bertz CT molecular complexity index is 909. The maximum atomic E-state index is 13.1. The number of hydrogen-bond acceptors (Lipinski definition) is 4. The Hall–Kier alpha value is -3.22. The number of amides is 1. The van der Waals surface area contributed by atoms with Gasteiger partial charge in [-0.3, -0.25) is 14.4 Å². The van der Waals surface area contributed by atoms with Crippen LogP contribution < -0.4 is 9.64 Å². The maximum absolute atomic E-state index is 13.1. The van der Waals surface area contributed by atoms with Crippen LogP contribution in [-0.2, 0) is 13.2 Å². The van der Waals surface area contributed by atoms with Crippen LogP contribution in [0.5, 0.6) is 5.88 Å². The van der Waals surface area contributed by atoms with Gasteiger partial charge in [0.25, 0.3) is 5.91 Å². The average Bonchev–Trinajstić information content (AvgIpc) is 3.01. The monoisotopic (exact) mass is 352 g/mol. The highest BCUT2D eigenvalue weighted by atomic mass is 19.1. The van der Waals surface area contributed by atoms with Crippen molar-refractivity contribution in [1.29, 1.82) is 0 Å². The van der Waals surface area contributed by atoms with Gasteiger partial charge >= 0.3 is 0 Å². The van der Waals surface area contributed by atoms with Crippen LogP contribution in [0.25, 0.3) is 0 Å². The van der Waals surface area contributed by atoms with E-state index in [2.05, 4.69) is 10.1 Å². The Morgan fingerprint density at radius 3 is 2.73 bits per heavy atom. The van der Waals surface area contributed by atoms with Crippen LogP contribution >= 0.6 is 0 Å². The number of carbonyl (C=O) groups excluding carboxylic acids is 1. The number of nitrogens with zero attached hydrogens (tertiary/aromatic N) is 4. The highest BCUT2D eigenvalue weighted by Gasteiger charge is 2.26. The molecule has 3 aromatic rings. The summed E-state index contributed by atoms with van der Waals surface area (Å²) < 4.78 is 20.5. The zero-order valence-corrected chi connectivity index (χ0v) is 14.0. The van der Waals surface area contributed by atoms with E-state index < -0.39 is 5.82 Å². The number of ether oxygens (including phenoxy) is 1. The fourth-order valence-electron chi connectivity index (χ4n) is 2.90. The van der Waals surface area contributed by atoms with E-state index in [1.54, 1.807) is 15.6 Å². The summed E-state index contributed by atoms with van der Waals surface area (Å²) in [5, 5.41) is 4.39. The van der Waals surface area contributed by atoms with Crippen LogP contribution in [0.4, 0.5) is 10.2 Å². The number of rotatable bonds is 4. The van der Waals surface area contributed by atoms with Crippen LogP contribution in [0.3, 0.4) is 0 Å². The minimum Gasteiger partial charge on any atom is -0.472 e. The molecule has 2 aromatic heterocycles. The molecule has 0 atom stereocenters. The van der Waals surface area contributed by atoms with Crippen molar-refractivity contribution in [2.24, 2.45) is 0 Å². The maximum Gasteiger partial charge on any atom is 0.277 e. The van der Waals surface area contributed by atoms with E-state index in [-0.39, 0.29) is 5.91 Å². The topological polar surface area (TPSA) is 60.2 Å². The number of hydrogen-bond donors (Lipinski definition) is 0. The lowest BCUT2D eigenvalue weighted by Gasteiger charge is -2.18. The van der Waals surface area contributed by atoms with Gasteiger partial charge in [0.2, 0.25) is 5.88 Å². The van der Waals surface area contributed by atoms with Crippen LogP contribution in [0.15, 0.2) is 54.7 Å². The summed E-state index contributed by atoms with van der Waals surface area (Å²) in [5.74, 6) is 0.185. The van der Waals surface area contributed by atoms with Gasteiger partial charge in [0.15, 0.2) is 0 Å². The third-order valence-corrected chi connectivity index (χ3v) is 4.19. The lowest BCUT2D eigenvalue weighted by atomic mass is 10.2. The van der Waals surface area contributed by atoms with Gasteiger partial charge in [-0.2, -0.15) is 0 Å². The molecule has 0 radical (unpaired) electrons. The molecule has 1 aromatic carbocycles. The van der Waals surface area contributed by atoms with Gasteiger partial charge in [0.05, 0.1) is 6.20 Å². The van der Waals surface area contributed by atoms with Gasteiger partial charge < -0.3 is 4.74 Å². The summed E-state index contributed by atoms with van der Waals surface area (Å²) >= 11 is 0. The quantitative estimate of drug-likeness (QED) is 0.724. The van der Waals surface area contributed by atoms with Crippen LogP contribution in [-0.4, -0.2) is 27.2 Å². The average molecular weight is 352 g/mol. The highest BCUT2D eigenvalue weighted by molar-refractivity contribution is 6.04. The van der Waals surface area contributed by atoms with Crippen LogP contribution in [0.1, 0.15) is 22.5 Å². The summed E-state index contributed by atoms with van der Waals surface area (Å²) in [6.45, 7) is 1.49. The van der Waals surface area contributed by atoms with E-state index in [1.807, 2.05) is 30.3 Å². The molecule has 26 heavy (non-hydrogen) atoms. The Morgan fingerprint density at radius 1 is 1.12 bits per heavy atom. The Morgan fingerprint density at radius 2 is 1.96 bits per heavy atom. The number of pyridine rings is 1. The van der Waals surface area contributed by atoms with Crippen LogP contribution in [0, 0.1) is 5.82 Å². The van der Waals surface area contributed by atoms with E-state index in [0.717, 1.165) is 18.2 Å². The van der Waals surface area contributed by atoms with E-state index in [0.29, 0.717) is 37.1 Å².